The molecule has 0 aliphatic carbocycles. The van der Waals surface area contributed by atoms with Crippen LogP contribution in [-0.4, -0.2) is 42.6 Å². The predicted molar refractivity (Wildman–Crippen MR) is 101 cm³/mol. The van der Waals surface area contributed by atoms with Gasteiger partial charge in [0.15, 0.2) is 0 Å². The van der Waals surface area contributed by atoms with E-state index in [-0.39, 0.29) is 6.54 Å². The minimum absolute atomic E-state index is 0.288. The standard InChI is InChI=1S/C12H16NO5P.C7H8/c1-17-10-3-5-11(6-4-10)19(16)13(9-12(14)15)7-2-8-18-19;1-7-5-3-2-4-6-7/h3-6H,2,7-9H2,1H3,(H,14,15);2-6H,1H3. The van der Waals surface area contributed by atoms with E-state index in [1.54, 1.807) is 31.4 Å². The second-order valence-corrected chi connectivity index (χ2v) is 8.22. The lowest BCUT2D eigenvalue weighted by atomic mass is 10.2. The third-order valence-corrected chi connectivity index (χ3v) is 6.43. The SMILES string of the molecule is COc1ccc(P2(=O)OCCCN2CC(=O)O)cc1.Cc1ccccc1. The number of methoxy groups -OCH3 is 1. The number of aryl methyl sites for hydroxylation is 1. The van der Waals surface area contributed by atoms with E-state index in [4.69, 9.17) is 14.4 Å². The molecule has 1 atom stereocenters. The van der Waals surface area contributed by atoms with Gasteiger partial charge in [0.05, 0.1) is 19.0 Å². The van der Waals surface area contributed by atoms with E-state index in [2.05, 4.69) is 19.1 Å². The first-order valence-corrected chi connectivity index (χ1v) is 9.91. The van der Waals surface area contributed by atoms with Crippen LogP contribution in [-0.2, 0) is 13.9 Å². The Balaban J connectivity index is 0.000000290. The summed E-state index contributed by atoms with van der Waals surface area (Å²) < 4.78 is 24.8. The van der Waals surface area contributed by atoms with Gasteiger partial charge in [-0.2, -0.15) is 0 Å². The van der Waals surface area contributed by atoms with E-state index >= 15 is 0 Å². The molecule has 1 N–H and O–H groups in total. The highest BCUT2D eigenvalue weighted by molar-refractivity contribution is 7.64. The van der Waals surface area contributed by atoms with E-state index in [1.807, 2.05) is 18.2 Å². The maximum absolute atomic E-state index is 12.9. The van der Waals surface area contributed by atoms with Crippen LogP contribution in [0.15, 0.2) is 54.6 Å². The first-order chi connectivity index (χ1) is 12.5. The number of aliphatic carboxylic acids is 1. The van der Waals surface area contributed by atoms with E-state index in [0.29, 0.717) is 30.6 Å². The number of hydrogen-bond acceptors (Lipinski definition) is 4. The molecule has 2 aromatic rings. The average molecular weight is 377 g/mol. The molecule has 3 rings (SSSR count). The summed E-state index contributed by atoms with van der Waals surface area (Å²) in [7, 11) is -1.72. The molecule has 26 heavy (non-hydrogen) atoms. The second kappa shape index (κ2) is 9.53. The smallest absolute Gasteiger partial charge is 0.318 e. The minimum Gasteiger partial charge on any atom is -0.497 e. The molecule has 1 saturated heterocycles. The quantitative estimate of drug-likeness (QED) is 0.824. The van der Waals surface area contributed by atoms with Gasteiger partial charge in [-0.15, -0.1) is 0 Å². The van der Waals surface area contributed by atoms with Gasteiger partial charge in [0.1, 0.15) is 12.3 Å². The highest BCUT2D eigenvalue weighted by Gasteiger charge is 2.37. The van der Waals surface area contributed by atoms with Gasteiger partial charge in [0.2, 0.25) is 0 Å². The molecule has 1 aliphatic rings. The monoisotopic (exact) mass is 377 g/mol. The van der Waals surface area contributed by atoms with Crippen molar-refractivity contribution in [3.8, 4) is 5.75 Å². The maximum Gasteiger partial charge on any atom is 0.318 e. The van der Waals surface area contributed by atoms with Crippen LogP contribution < -0.4 is 10.0 Å². The average Bonchev–Trinajstić information content (AvgIpc) is 2.65. The molecule has 6 nitrogen and oxygen atoms in total. The van der Waals surface area contributed by atoms with Crippen molar-refractivity contribution in [1.29, 1.82) is 0 Å². The summed E-state index contributed by atoms with van der Waals surface area (Å²) in [4.78, 5) is 10.8. The summed E-state index contributed by atoms with van der Waals surface area (Å²) in [5, 5.41) is 9.38. The molecule has 7 heteroatoms. The highest BCUT2D eigenvalue weighted by Crippen LogP contribution is 2.51. The molecule has 1 aliphatic heterocycles. The molecule has 0 spiro atoms. The summed E-state index contributed by atoms with van der Waals surface area (Å²) in [6, 6.07) is 16.9. The Kier molecular flexibility index (Phi) is 7.39. The lowest BCUT2D eigenvalue weighted by Crippen LogP contribution is -2.36. The normalized spacial score (nSPS) is 19.9. The van der Waals surface area contributed by atoms with E-state index in [0.717, 1.165) is 0 Å². The molecule has 0 radical (unpaired) electrons. The molecule has 0 saturated carbocycles. The Morgan fingerprint density at radius 2 is 1.85 bits per heavy atom. The van der Waals surface area contributed by atoms with Crippen molar-refractivity contribution in [2.45, 2.75) is 13.3 Å². The number of carbonyl (C=O) groups is 1. The molecule has 0 amide bonds. The number of rotatable bonds is 4. The number of nitrogens with zero attached hydrogens (tertiary/aromatic N) is 1. The fourth-order valence-electron chi connectivity index (χ4n) is 2.52. The van der Waals surface area contributed by atoms with Crippen LogP contribution in [0.3, 0.4) is 0 Å². The highest BCUT2D eigenvalue weighted by atomic mass is 31.2. The van der Waals surface area contributed by atoms with Crippen molar-refractivity contribution in [1.82, 2.24) is 4.67 Å². The van der Waals surface area contributed by atoms with Crippen molar-refractivity contribution in [2.75, 3.05) is 26.8 Å². The third-order valence-electron chi connectivity index (χ3n) is 3.86. The molecular weight excluding hydrogens is 353 g/mol. The minimum atomic E-state index is -3.26. The first-order valence-electron chi connectivity index (χ1n) is 8.34. The largest absolute Gasteiger partial charge is 0.497 e. The van der Waals surface area contributed by atoms with Crippen LogP contribution in [0.1, 0.15) is 12.0 Å². The third kappa shape index (κ3) is 5.43. The van der Waals surface area contributed by atoms with Crippen LogP contribution in [0, 0.1) is 6.92 Å². The summed E-state index contributed by atoms with van der Waals surface area (Å²) in [6.45, 7) is 2.62. The van der Waals surface area contributed by atoms with Gasteiger partial charge in [0.25, 0.3) is 0 Å². The van der Waals surface area contributed by atoms with Gasteiger partial charge < -0.3 is 14.4 Å². The van der Waals surface area contributed by atoms with Crippen molar-refractivity contribution < 1.29 is 23.7 Å². The molecule has 1 heterocycles. The van der Waals surface area contributed by atoms with Gasteiger partial charge >= 0.3 is 13.5 Å². The fraction of sp³-hybridized carbons (Fsp3) is 0.316. The van der Waals surface area contributed by atoms with Gasteiger partial charge in [-0.25, -0.2) is 4.67 Å². The number of ether oxygens (including phenoxy) is 1. The second-order valence-electron chi connectivity index (χ2n) is 5.84. The molecule has 0 bridgehead atoms. The Bertz CT molecular complexity index is 748. The van der Waals surface area contributed by atoms with Crippen LogP contribution in [0.4, 0.5) is 0 Å². The Morgan fingerprint density at radius 3 is 2.35 bits per heavy atom. The van der Waals surface area contributed by atoms with E-state index in [1.165, 1.54) is 10.2 Å². The zero-order valence-corrected chi connectivity index (χ0v) is 15.9. The van der Waals surface area contributed by atoms with Crippen LogP contribution in [0.2, 0.25) is 0 Å². The van der Waals surface area contributed by atoms with Crippen LogP contribution >= 0.6 is 7.52 Å². The number of carboxylic acids is 1. The van der Waals surface area contributed by atoms with Crippen molar-refractivity contribution in [3.63, 3.8) is 0 Å². The van der Waals surface area contributed by atoms with Gasteiger partial charge in [-0.1, -0.05) is 35.9 Å². The summed E-state index contributed by atoms with van der Waals surface area (Å²) in [5.74, 6) is -0.364. The van der Waals surface area contributed by atoms with E-state index < -0.39 is 13.5 Å². The summed E-state index contributed by atoms with van der Waals surface area (Å²) >= 11 is 0. The van der Waals surface area contributed by atoms with Crippen molar-refractivity contribution >= 4 is 18.8 Å². The lowest BCUT2D eigenvalue weighted by Gasteiger charge is -2.34. The summed E-state index contributed by atoms with van der Waals surface area (Å²) in [6.07, 6.45) is 0.674. The Morgan fingerprint density at radius 1 is 1.19 bits per heavy atom. The fourth-order valence-corrected chi connectivity index (χ4v) is 4.77. The van der Waals surface area contributed by atoms with Crippen molar-refractivity contribution in [3.05, 3.63) is 60.2 Å². The molecule has 1 unspecified atom stereocenters. The Hall–Kier alpha value is -2.14. The van der Waals surface area contributed by atoms with Gasteiger partial charge in [-0.3, -0.25) is 9.36 Å². The zero-order chi connectivity index (χ0) is 19.0. The maximum atomic E-state index is 12.9. The predicted octanol–water partition coefficient (Wildman–Crippen LogP) is 3.32. The first kappa shape index (κ1) is 20.2. The molecular formula is C19H24NO5P. The van der Waals surface area contributed by atoms with Crippen LogP contribution in [0.5, 0.6) is 5.75 Å². The number of hydrogen-bond donors (Lipinski definition) is 1. The lowest BCUT2D eigenvalue weighted by molar-refractivity contribution is -0.137. The topological polar surface area (TPSA) is 76.1 Å². The molecule has 2 aromatic carbocycles. The molecule has 0 aromatic heterocycles. The van der Waals surface area contributed by atoms with Crippen molar-refractivity contribution in [2.24, 2.45) is 0 Å². The molecule has 140 valence electrons. The zero-order valence-electron chi connectivity index (χ0n) is 15.0. The van der Waals surface area contributed by atoms with E-state index in [9.17, 15) is 9.36 Å². The van der Waals surface area contributed by atoms with Crippen LogP contribution in [0.25, 0.3) is 0 Å². The number of benzene rings is 2. The summed E-state index contributed by atoms with van der Waals surface area (Å²) in [5.41, 5.74) is 1.32. The molecule has 1 fully saturated rings. The Labute approximate surface area is 153 Å². The number of carboxylic acid groups (broad SMARTS) is 1. The van der Waals surface area contributed by atoms with Gasteiger partial charge in [-0.05, 0) is 37.6 Å². The van der Waals surface area contributed by atoms with Gasteiger partial charge in [0, 0.05) is 6.54 Å².